The molecule has 0 N–H and O–H groups in total. The maximum atomic E-state index is 5.41. The van der Waals surface area contributed by atoms with Gasteiger partial charge in [-0.3, -0.25) is 0 Å². The zero-order valence-corrected chi connectivity index (χ0v) is 16.4. The van der Waals surface area contributed by atoms with Crippen molar-refractivity contribution in [3.05, 3.63) is 0 Å². The van der Waals surface area contributed by atoms with Crippen LogP contribution in [0.4, 0.5) is 0 Å². The minimum Gasteiger partial charge on any atom is -0.353 e. The maximum Gasteiger partial charge on any atom is 0.164 e. The quantitative estimate of drug-likeness (QED) is 0.344. The molecule has 0 aliphatic heterocycles. The van der Waals surface area contributed by atoms with E-state index in [0.29, 0.717) is 0 Å². The number of ether oxygens (including phenoxy) is 2. The van der Waals surface area contributed by atoms with E-state index in [4.69, 9.17) is 9.47 Å². The van der Waals surface area contributed by atoms with Gasteiger partial charge in [-0.25, -0.2) is 0 Å². The largest absolute Gasteiger partial charge is 0.353 e. The molecule has 0 spiro atoms. The van der Waals surface area contributed by atoms with E-state index in [1.165, 1.54) is 51.4 Å². The van der Waals surface area contributed by atoms with Crippen LogP contribution in [-0.2, 0) is 9.47 Å². The van der Waals surface area contributed by atoms with Crippen LogP contribution >= 0.6 is 0 Å². The lowest BCUT2D eigenvalue weighted by Gasteiger charge is -2.26. The van der Waals surface area contributed by atoms with Crippen LogP contribution in [0.3, 0.4) is 0 Å². The first kappa shape index (κ1) is 21.9. The molecule has 1 unspecified atom stereocenters. The van der Waals surface area contributed by atoms with E-state index in [0.717, 1.165) is 24.2 Å². The van der Waals surface area contributed by atoms with Gasteiger partial charge < -0.3 is 9.47 Å². The second kappa shape index (κ2) is 12.4. The van der Waals surface area contributed by atoms with Gasteiger partial charge in [0.05, 0.1) is 0 Å². The Bertz CT molecular complexity index is 246. The lowest BCUT2D eigenvalue weighted by molar-refractivity contribution is -0.198. The summed E-state index contributed by atoms with van der Waals surface area (Å²) in [6.45, 7) is 11.5. The fraction of sp³-hybridized carbons (Fsp3) is 1.00. The minimum atomic E-state index is -0.398. The van der Waals surface area contributed by atoms with Gasteiger partial charge in [0.25, 0.3) is 0 Å². The third-order valence-corrected chi connectivity index (χ3v) is 5.06. The van der Waals surface area contributed by atoms with E-state index < -0.39 is 5.79 Å². The van der Waals surface area contributed by atoms with Crippen LogP contribution in [0.1, 0.15) is 92.4 Å². The van der Waals surface area contributed by atoms with Crippen molar-refractivity contribution in [3.8, 4) is 0 Å². The third-order valence-electron chi connectivity index (χ3n) is 5.06. The van der Waals surface area contributed by atoms with Crippen LogP contribution < -0.4 is 0 Å². The monoisotopic (exact) mass is 314 g/mol. The molecule has 22 heavy (non-hydrogen) atoms. The Labute approximate surface area is 140 Å². The van der Waals surface area contributed by atoms with Crippen LogP contribution in [0.2, 0.25) is 0 Å². The fourth-order valence-electron chi connectivity index (χ4n) is 3.04. The van der Waals surface area contributed by atoms with Gasteiger partial charge in [-0.15, -0.1) is 0 Å². The topological polar surface area (TPSA) is 18.5 Å². The summed E-state index contributed by atoms with van der Waals surface area (Å²) in [6.07, 6.45) is 11.8. The van der Waals surface area contributed by atoms with Gasteiger partial charge in [0.15, 0.2) is 5.79 Å². The normalized spacial score (nSPS) is 15.3. The summed E-state index contributed by atoms with van der Waals surface area (Å²) >= 11 is 0. The van der Waals surface area contributed by atoms with Crippen LogP contribution in [0.25, 0.3) is 0 Å². The van der Waals surface area contributed by atoms with E-state index in [2.05, 4.69) is 27.7 Å². The highest BCUT2D eigenvalue weighted by molar-refractivity contribution is 4.64. The molecule has 2 atom stereocenters. The van der Waals surface area contributed by atoms with E-state index in [-0.39, 0.29) is 0 Å². The highest BCUT2D eigenvalue weighted by atomic mass is 16.7. The molecular weight excluding hydrogens is 272 g/mol. The van der Waals surface area contributed by atoms with Gasteiger partial charge in [-0.2, -0.15) is 0 Å². The Hall–Kier alpha value is -0.0800. The predicted octanol–water partition coefficient (Wildman–Crippen LogP) is 6.43. The summed E-state index contributed by atoms with van der Waals surface area (Å²) in [5, 5.41) is 0. The summed E-state index contributed by atoms with van der Waals surface area (Å²) in [5.74, 6) is 2.18. The van der Waals surface area contributed by atoms with Crippen molar-refractivity contribution in [1.82, 2.24) is 0 Å². The minimum absolute atomic E-state index is 0.398. The number of methoxy groups -OCH3 is 2. The molecular formula is C20H42O2. The van der Waals surface area contributed by atoms with Crippen molar-refractivity contribution in [3.63, 3.8) is 0 Å². The average Bonchev–Trinajstić information content (AvgIpc) is 2.46. The lowest BCUT2D eigenvalue weighted by Crippen LogP contribution is -2.29. The summed E-state index contributed by atoms with van der Waals surface area (Å²) in [5.41, 5.74) is 0. The summed E-state index contributed by atoms with van der Waals surface area (Å²) in [4.78, 5) is 0. The molecule has 0 heterocycles. The van der Waals surface area contributed by atoms with Gasteiger partial charge in [0, 0.05) is 20.6 Å². The second-order valence-corrected chi connectivity index (χ2v) is 7.90. The standard InChI is InChI=1S/C20H42O2/c1-17(2)11-8-12-18(3)13-9-14-19(4)15-10-16-20(5,21-6)22-7/h17-19H,8-16H2,1-7H3/t18-,19?/m1/s1. The molecule has 0 saturated heterocycles. The van der Waals surface area contributed by atoms with Gasteiger partial charge >= 0.3 is 0 Å². The average molecular weight is 315 g/mol. The smallest absolute Gasteiger partial charge is 0.164 e. The second-order valence-electron chi connectivity index (χ2n) is 7.90. The molecule has 0 saturated carbocycles. The van der Waals surface area contributed by atoms with Crippen molar-refractivity contribution in [2.75, 3.05) is 14.2 Å². The molecule has 0 rings (SSSR count). The summed E-state index contributed by atoms with van der Waals surface area (Å²) in [7, 11) is 3.46. The first-order valence-corrected chi connectivity index (χ1v) is 9.43. The first-order valence-electron chi connectivity index (χ1n) is 9.43. The molecule has 134 valence electrons. The van der Waals surface area contributed by atoms with E-state index >= 15 is 0 Å². The number of hydrogen-bond acceptors (Lipinski definition) is 2. The van der Waals surface area contributed by atoms with Crippen molar-refractivity contribution < 1.29 is 9.47 Å². The molecule has 0 aliphatic carbocycles. The van der Waals surface area contributed by atoms with Crippen molar-refractivity contribution in [2.45, 2.75) is 98.2 Å². The Balaban J connectivity index is 3.62. The Morgan fingerprint density at radius 1 is 0.682 bits per heavy atom. The molecule has 0 amide bonds. The van der Waals surface area contributed by atoms with Gasteiger partial charge in [-0.05, 0) is 31.1 Å². The molecule has 0 aromatic carbocycles. The van der Waals surface area contributed by atoms with E-state index in [9.17, 15) is 0 Å². The van der Waals surface area contributed by atoms with Crippen molar-refractivity contribution in [2.24, 2.45) is 17.8 Å². The number of hydrogen-bond donors (Lipinski definition) is 0. The molecule has 0 aliphatic rings. The van der Waals surface area contributed by atoms with Gasteiger partial charge in [-0.1, -0.05) is 72.6 Å². The molecule has 2 nitrogen and oxygen atoms in total. The highest BCUT2D eigenvalue weighted by Crippen LogP contribution is 2.24. The predicted molar refractivity (Wildman–Crippen MR) is 97.1 cm³/mol. The Morgan fingerprint density at radius 3 is 1.50 bits per heavy atom. The maximum absolute atomic E-state index is 5.41. The van der Waals surface area contributed by atoms with Crippen molar-refractivity contribution in [1.29, 1.82) is 0 Å². The van der Waals surface area contributed by atoms with Gasteiger partial charge in [0.1, 0.15) is 0 Å². The lowest BCUT2D eigenvalue weighted by atomic mass is 9.91. The molecule has 2 heteroatoms. The van der Waals surface area contributed by atoms with E-state index in [1.807, 2.05) is 6.92 Å². The van der Waals surface area contributed by atoms with Gasteiger partial charge in [0.2, 0.25) is 0 Å². The summed E-state index contributed by atoms with van der Waals surface area (Å²) in [6, 6.07) is 0. The first-order chi connectivity index (χ1) is 10.3. The summed E-state index contributed by atoms with van der Waals surface area (Å²) < 4.78 is 10.8. The molecule has 0 radical (unpaired) electrons. The molecule has 0 fully saturated rings. The fourth-order valence-corrected chi connectivity index (χ4v) is 3.04. The van der Waals surface area contributed by atoms with E-state index in [1.54, 1.807) is 14.2 Å². The molecule has 0 aromatic heterocycles. The SMILES string of the molecule is COC(C)(CCCC(C)CCC[C@H](C)CCCC(C)C)OC. The van der Waals surface area contributed by atoms with Crippen LogP contribution in [0.5, 0.6) is 0 Å². The van der Waals surface area contributed by atoms with Crippen molar-refractivity contribution >= 4 is 0 Å². The van der Waals surface area contributed by atoms with Crippen LogP contribution in [0, 0.1) is 17.8 Å². The zero-order valence-electron chi connectivity index (χ0n) is 16.4. The highest BCUT2D eigenvalue weighted by Gasteiger charge is 2.21. The van der Waals surface area contributed by atoms with Crippen LogP contribution in [-0.4, -0.2) is 20.0 Å². The van der Waals surface area contributed by atoms with Crippen LogP contribution in [0.15, 0.2) is 0 Å². The molecule has 0 bridgehead atoms. The third kappa shape index (κ3) is 11.5. The Kier molecular flexibility index (Phi) is 12.3. The zero-order chi connectivity index (χ0) is 17.0. The Morgan fingerprint density at radius 2 is 1.09 bits per heavy atom. The molecule has 0 aromatic rings. The number of rotatable bonds is 14.